The lowest BCUT2D eigenvalue weighted by Gasteiger charge is -2.30. The molecule has 152 valence electrons. The number of carbonyl (C=O) groups is 2. The second kappa shape index (κ2) is 8.02. The van der Waals surface area contributed by atoms with Crippen LogP contribution >= 0.6 is 23.2 Å². The van der Waals surface area contributed by atoms with Gasteiger partial charge in [0.25, 0.3) is 0 Å². The van der Waals surface area contributed by atoms with Gasteiger partial charge in [-0.25, -0.2) is 0 Å². The van der Waals surface area contributed by atoms with Crippen molar-refractivity contribution in [3.63, 3.8) is 0 Å². The average molecular weight is 437 g/mol. The zero-order valence-electron chi connectivity index (χ0n) is 15.2. The quantitative estimate of drug-likeness (QED) is 0.673. The first-order valence-electron chi connectivity index (χ1n) is 8.98. The molecular weight excluding hydrogens is 419 g/mol. The Morgan fingerprint density at radius 3 is 2.72 bits per heavy atom. The molecule has 11 heteroatoms. The van der Waals surface area contributed by atoms with Crippen LogP contribution in [0.3, 0.4) is 0 Å². The van der Waals surface area contributed by atoms with Gasteiger partial charge in [-0.05, 0) is 18.2 Å². The summed E-state index contributed by atoms with van der Waals surface area (Å²) in [5.41, 5.74) is 7.04. The summed E-state index contributed by atoms with van der Waals surface area (Å²) in [6, 6.07) is 4.73. The number of nitrogens with zero attached hydrogens (tertiary/aromatic N) is 3. The largest absolute Gasteiger partial charge is 0.383 e. The minimum absolute atomic E-state index is 0.0649. The number of aromatic nitrogens is 2. The first kappa shape index (κ1) is 19.7. The van der Waals surface area contributed by atoms with Gasteiger partial charge in [-0.15, -0.1) is 0 Å². The second-order valence-corrected chi connectivity index (χ2v) is 7.51. The van der Waals surface area contributed by atoms with Gasteiger partial charge in [0.2, 0.25) is 17.8 Å². The van der Waals surface area contributed by atoms with Gasteiger partial charge in [0.05, 0.1) is 34.7 Å². The Balaban J connectivity index is 1.63. The number of hydrogen-bond donors (Lipinski definition) is 3. The number of carbonyl (C=O) groups excluding carboxylic acids is 2. The highest BCUT2D eigenvalue weighted by Crippen LogP contribution is 2.37. The fourth-order valence-corrected chi connectivity index (χ4v) is 3.61. The van der Waals surface area contributed by atoms with Gasteiger partial charge in [0.1, 0.15) is 11.6 Å². The second-order valence-electron chi connectivity index (χ2n) is 6.69. The summed E-state index contributed by atoms with van der Waals surface area (Å²) >= 11 is 11.9. The lowest BCUT2D eigenvalue weighted by molar-refractivity contribution is -0.123. The predicted molar refractivity (Wildman–Crippen MR) is 111 cm³/mol. The van der Waals surface area contributed by atoms with E-state index in [4.69, 9.17) is 33.7 Å². The molecule has 2 aliphatic heterocycles. The van der Waals surface area contributed by atoms with Crippen molar-refractivity contribution >= 4 is 58.3 Å². The number of ether oxygens (including phenoxy) is 1. The molecule has 0 bridgehead atoms. The average Bonchev–Trinajstić information content (AvgIpc) is 2.70. The van der Waals surface area contributed by atoms with Gasteiger partial charge in [-0.2, -0.15) is 9.97 Å². The standard InChI is InChI=1S/C18H18Cl2N6O3/c19-11-2-1-9(7-12(11)20)22-17(28)10-8-13(27)23-16-14(10)15(21)24-18(25-16)26-3-5-29-6-4-26/h1-2,7,10H,3-6,8H2,(H,22,28)(H3,21,23,24,25,27)/t10-/m0/s1. The Hall–Kier alpha value is -2.62. The van der Waals surface area contributed by atoms with Crippen molar-refractivity contribution in [1.82, 2.24) is 9.97 Å². The minimum Gasteiger partial charge on any atom is -0.383 e. The zero-order valence-corrected chi connectivity index (χ0v) is 16.8. The fourth-order valence-electron chi connectivity index (χ4n) is 3.32. The van der Waals surface area contributed by atoms with Gasteiger partial charge in [0.15, 0.2) is 0 Å². The number of nitrogen functional groups attached to an aromatic ring is 1. The molecule has 0 saturated carbocycles. The van der Waals surface area contributed by atoms with Crippen molar-refractivity contribution in [2.75, 3.05) is 47.6 Å². The maximum absolute atomic E-state index is 12.9. The lowest BCUT2D eigenvalue weighted by Crippen LogP contribution is -2.38. The SMILES string of the molecule is Nc1nc(N2CCOCC2)nc2c1[C@@H](C(=O)Nc1ccc(Cl)c(Cl)c1)CC(=O)N2. The van der Waals surface area contributed by atoms with E-state index < -0.39 is 11.8 Å². The van der Waals surface area contributed by atoms with Gasteiger partial charge >= 0.3 is 0 Å². The van der Waals surface area contributed by atoms with Crippen LogP contribution in [0, 0.1) is 0 Å². The normalized spacial score (nSPS) is 18.8. The van der Waals surface area contributed by atoms with Crippen LogP contribution in [0.1, 0.15) is 17.9 Å². The van der Waals surface area contributed by atoms with Crippen molar-refractivity contribution < 1.29 is 14.3 Å². The Morgan fingerprint density at radius 2 is 2.00 bits per heavy atom. The molecule has 9 nitrogen and oxygen atoms in total. The van der Waals surface area contributed by atoms with Crippen LogP contribution < -0.4 is 21.3 Å². The molecule has 0 unspecified atom stereocenters. The topological polar surface area (TPSA) is 122 Å². The van der Waals surface area contributed by atoms with E-state index >= 15 is 0 Å². The van der Waals surface area contributed by atoms with E-state index in [-0.39, 0.29) is 24.0 Å². The van der Waals surface area contributed by atoms with E-state index in [1.165, 1.54) is 6.07 Å². The molecule has 1 saturated heterocycles. The number of fused-ring (bicyclic) bond motifs is 1. The molecule has 4 rings (SSSR count). The highest BCUT2D eigenvalue weighted by molar-refractivity contribution is 6.42. The number of halogens is 2. The Bertz CT molecular complexity index is 980. The molecule has 3 heterocycles. The summed E-state index contributed by atoms with van der Waals surface area (Å²) < 4.78 is 5.33. The maximum atomic E-state index is 12.9. The highest BCUT2D eigenvalue weighted by atomic mass is 35.5. The molecule has 2 amide bonds. The van der Waals surface area contributed by atoms with Crippen LogP contribution in [0.25, 0.3) is 0 Å². The third-order valence-corrected chi connectivity index (χ3v) is 5.50. The lowest BCUT2D eigenvalue weighted by atomic mass is 9.92. The summed E-state index contributed by atoms with van der Waals surface area (Å²) in [5.74, 6) is -0.746. The van der Waals surface area contributed by atoms with Gasteiger partial charge < -0.3 is 26.0 Å². The van der Waals surface area contributed by atoms with E-state index in [9.17, 15) is 9.59 Å². The molecule has 0 aliphatic carbocycles. The summed E-state index contributed by atoms with van der Waals surface area (Å²) in [6.45, 7) is 2.35. The van der Waals surface area contributed by atoms with Crippen molar-refractivity contribution in [2.45, 2.75) is 12.3 Å². The van der Waals surface area contributed by atoms with Crippen LogP contribution in [0.2, 0.25) is 10.0 Å². The number of amides is 2. The van der Waals surface area contributed by atoms with Crippen molar-refractivity contribution in [1.29, 1.82) is 0 Å². The highest BCUT2D eigenvalue weighted by Gasteiger charge is 2.35. The molecule has 29 heavy (non-hydrogen) atoms. The molecule has 2 aliphatic rings. The van der Waals surface area contributed by atoms with E-state index in [1.807, 2.05) is 4.90 Å². The number of anilines is 4. The van der Waals surface area contributed by atoms with E-state index in [1.54, 1.807) is 12.1 Å². The summed E-state index contributed by atoms with van der Waals surface area (Å²) in [6.07, 6.45) is -0.0649. The van der Waals surface area contributed by atoms with Crippen LogP contribution in [-0.2, 0) is 14.3 Å². The van der Waals surface area contributed by atoms with Crippen molar-refractivity contribution in [3.05, 3.63) is 33.8 Å². The number of nitrogens with two attached hydrogens (primary N) is 1. The maximum Gasteiger partial charge on any atom is 0.232 e. The van der Waals surface area contributed by atoms with Gasteiger partial charge in [0, 0.05) is 25.2 Å². The first-order chi connectivity index (χ1) is 13.9. The van der Waals surface area contributed by atoms with E-state index in [2.05, 4.69) is 20.6 Å². The molecule has 0 radical (unpaired) electrons. The Kier molecular flexibility index (Phi) is 5.44. The first-order valence-corrected chi connectivity index (χ1v) is 9.74. The molecule has 1 fully saturated rings. The number of morpholine rings is 1. The van der Waals surface area contributed by atoms with E-state index in [0.717, 1.165) is 0 Å². The molecule has 2 aromatic rings. The van der Waals surface area contributed by atoms with Crippen molar-refractivity contribution in [2.24, 2.45) is 0 Å². The molecule has 1 atom stereocenters. The molecule has 4 N–H and O–H groups in total. The zero-order chi connectivity index (χ0) is 20.5. The smallest absolute Gasteiger partial charge is 0.232 e. The number of nitrogens with one attached hydrogen (secondary N) is 2. The predicted octanol–water partition coefficient (Wildman–Crippen LogP) is 2.27. The molecule has 1 aromatic carbocycles. The fraction of sp³-hybridized carbons (Fsp3) is 0.333. The van der Waals surface area contributed by atoms with Crippen LogP contribution in [0.4, 0.5) is 23.3 Å². The third kappa shape index (κ3) is 4.07. The van der Waals surface area contributed by atoms with Crippen molar-refractivity contribution in [3.8, 4) is 0 Å². The van der Waals surface area contributed by atoms with E-state index in [0.29, 0.717) is 53.5 Å². The Morgan fingerprint density at radius 1 is 1.24 bits per heavy atom. The third-order valence-electron chi connectivity index (χ3n) is 4.76. The minimum atomic E-state index is -0.827. The number of benzene rings is 1. The summed E-state index contributed by atoms with van der Waals surface area (Å²) in [5, 5.41) is 6.13. The number of rotatable bonds is 3. The Labute approximate surface area is 176 Å². The van der Waals surface area contributed by atoms with Gasteiger partial charge in [-0.1, -0.05) is 23.2 Å². The molecule has 1 aromatic heterocycles. The number of hydrogen-bond acceptors (Lipinski definition) is 7. The molecular formula is C18H18Cl2N6O3. The van der Waals surface area contributed by atoms with Crippen LogP contribution in [0.15, 0.2) is 18.2 Å². The monoisotopic (exact) mass is 436 g/mol. The molecule has 0 spiro atoms. The summed E-state index contributed by atoms with van der Waals surface area (Å²) in [7, 11) is 0. The van der Waals surface area contributed by atoms with Gasteiger partial charge in [-0.3, -0.25) is 9.59 Å². The summed E-state index contributed by atoms with van der Waals surface area (Å²) in [4.78, 5) is 35.9. The van der Waals surface area contributed by atoms with Crippen LogP contribution in [0.5, 0.6) is 0 Å². The van der Waals surface area contributed by atoms with Crippen LogP contribution in [-0.4, -0.2) is 48.1 Å².